The zero-order valence-corrected chi connectivity index (χ0v) is 14.6. The number of nitrogen functional groups attached to an aromatic ring is 2. The first-order valence-electron chi connectivity index (χ1n) is 7.79. The maximum absolute atomic E-state index is 12.5. The smallest absolute Gasteiger partial charge is 0.261 e. The van der Waals surface area contributed by atoms with Crippen LogP contribution in [0.5, 0.6) is 0 Å². The zero-order valence-electron chi connectivity index (χ0n) is 13.8. The molecule has 0 saturated carbocycles. The van der Waals surface area contributed by atoms with Gasteiger partial charge in [0.15, 0.2) is 0 Å². The number of anilines is 3. The SMILES string of the molecule is N=C(c1ccccc1)c1cc(NS(=O)(=O)c2ccc(N)cc2)ccc1N. The van der Waals surface area contributed by atoms with Crippen LogP contribution in [-0.2, 0) is 10.0 Å². The van der Waals surface area contributed by atoms with Crippen LogP contribution in [0, 0.1) is 5.41 Å². The predicted molar refractivity (Wildman–Crippen MR) is 105 cm³/mol. The van der Waals surface area contributed by atoms with Crippen molar-refractivity contribution >= 4 is 32.8 Å². The summed E-state index contributed by atoms with van der Waals surface area (Å²) in [6.07, 6.45) is 0. The second-order valence-corrected chi connectivity index (χ2v) is 7.40. The molecule has 0 saturated heterocycles. The van der Waals surface area contributed by atoms with E-state index in [0.717, 1.165) is 0 Å². The van der Waals surface area contributed by atoms with Gasteiger partial charge in [0.1, 0.15) is 0 Å². The van der Waals surface area contributed by atoms with Gasteiger partial charge in [0.05, 0.1) is 10.6 Å². The Balaban J connectivity index is 1.92. The molecule has 0 aliphatic carbocycles. The molecule has 7 heteroatoms. The zero-order chi connectivity index (χ0) is 18.7. The van der Waals surface area contributed by atoms with Gasteiger partial charge in [0, 0.05) is 28.2 Å². The molecule has 3 rings (SSSR count). The molecule has 0 amide bonds. The molecule has 6 nitrogen and oxygen atoms in total. The molecule has 0 aliphatic heterocycles. The van der Waals surface area contributed by atoms with Crippen molar-refractivity contribution in [2.75, 3.05) is 16.2 Å². The van der Waals surface area contributed by atoms with E-state index in [-0.39, 0.29) is 10.6 Å². The number of hydrogen-bond acceptors (Lipinski definition) is 5. The van der Waals surface area contributed by atoms with Gasteiger partial charge in [-0.2, -0.15) is 0 Å². The first-order valence-corrected chi connectivity index (χ1v) is 9.27. The summed E-state index contributed by atoms with van der Waals surface area (Å²) in [5.74, 6) is 0. The van der Waals surface area contributed by atoms with E-state index in [1.807, 2.05) is 18.2 Å². The summed E-state index contributed by atoms with van der Waals surface area (Å²) in [5.41, 5.74) is 14.2. The van der Waals surface area contributed by atoms with Crippen LogP contribution >= 0.6 is 0 Å². The fourth-order valence-corrected chi connectivity index (χ4v) is 3.51. The monoisotopic (exact) mass is 366 g/mol. The van der Waals surface area contributed by atoms with Crippen molar-refractivity contribution < 1.29 is 8.42 Å². The van der Waals surface area contributed by atoms with Crippen molar-refractivity contribution in [3.8, 4) is 0 Å². The number of sulfonamides is 1. The molecule has 0 aliphatic rings. The van der Waals surface area contributed by atoms with Crippen LogP contribution in [0.4, 0.5) is 17.1 Å². The molecule has 0 aromatic heterocycles. The molecule has 3 aromatic carbocycles. The highest BCUT2D eigenvalue weighted by Crippen LogP contribution is 2.23. The van der Waals surface area contributed by atoms with Crippen LogP contribution in [0.2, 0.25) is 0 Å². The number of nitrogens with two attached hydrogens (primary N) is 2. The second-order valence-electron chi connectivity index (χ2n) is 5.72. The molecule has 0 spiro atoms. The summed E-state index contributed by atoms with van der Waals surface area (Å²) >= 11 is 0. The highest BCUT2D eigenvalue weighted by molar-refractivity contribution is 7.92. The van der Waals surface area contributed by atoms with Gasteiger partial charge in [0.2, 0.25) is 0 Å². The molecule has 26 heavy (non-hydrogen) atoms. The average Bonchev–Trinajstić information content (AvgIpc) is 2.63. The summed E-state index contributed by atoms with van der Waals surface area (Å²) < 4.78 is 27.5. The lowest BCUT2D eigenvalue weighted by atomic mass is 10.0. The first kappa shape index (κ1) is 17.5. The Labute approximate surface area is 152 Å². The summed E-state index contributed by atoms with van der Waals surface area (Å²) in [5, 5.41) is 8.36. The van der Waals surface area contributed by atoms with E-state index in [1.165, 1.54) is 24.3 Å². The molecule has 0 bridgehead atoms. The Morgan fingerprint density at radius 2 is 1.54 bits per heavy atom. The van der Waals surface area contributed by atoms with Crippen LogP contribution in [0.3, 0.4) is 0 Å². The van der Waals surface area contributed by atoms with Crippen LogP contribution in [0.25, 0.3) is 0 Å². The first-order chi connectivity index (χ1) is 12.4. The number of hydrogen-bond donors (Lipinski definition) is 4. The molecule has 0 radical (unpaired) electrons. The molecule has 0 heterocycles. The number of nitrogens with one attached hydrogen (secondary N) is 2. The minimum Gasteiger partial charge on any atom is -0.399 e. The van der Waals surface area contributed by atoms with Crippen LogP contribution in [0.15, 0.2) is 77.7 Å². The molecule has 0 atom stereocenters. The van der Waals surface area contributed by atoms with Crippen molar-refractivity contribution in [3.05, 3.63) is 83.9 Å². The van der Waals surface area contributed by atoms with Crippen molar-refractivity contribution in [2.24, 2.45) is 0 Å². The largest absolute Gasteiger partial charge is 0.399 e. The quantitative estimate of drug-likeness (QED) is 0.409. The van der Waals surface area contributed by atoms with Gasteiger partial charge in [-0.15, -0.1) is 0 Å². The summed E-state index contributed by atoms with van der Waals surface area (Å²) in [4.78, 5) is 0.100. The summed E-state index contributed by atoms with van der Waals surface area (Å²) in [6.45, 7) is 0. The van der Waals surface area contributed by atoms with Gasteiger partial charge in [-0.25, -0.2) is 8.42 Å². The Hall–Kier alpha value is -3.32. The van der Waals surface area contributed by atoms with Gasteiger partial charge in [-0.3, -0.25) is 10.1 Å². The fraction of sp³-hybridized carbons (Fsp3) is 0. The van der Waals surface area contributed by atoms with Gasteiger partial charge >= 0.3 is 0 Å². The summed E-state index contributed by atoms with van der Waals surface area (Å²) in [6, 6.07) is 19.7. The third-order valence-electron chi connectivity index (χ3n) is 3.83. The Bertz CT molecular complexity index is 1050. The van der Waals surface area contributed by atoms with Crippen molar-refractivity contribution in [3.63, 3.8) is 0 Å². The summed E-state index contributed by atoms with van der Waals surface area (Å²) in [7, 11) is -3.77. The van der Waals surface area contributed by atoms with Gasteiger partial charge in [-0.05, 0) is 42.5 Å². The van der Waals surface area contributed by atoms with E-state index in [9.17, 15) is 8.42 Å². The van der Waals surface area contributed by atoms with E-state index < -0.39 is 10.0 Å². The van der Waals surface area contributed by atoms with E-state index in [2.05, 4.69) is 4.72 Å². The van der Waals surface area contributed by atoms with Gasteiger partial charge in [0.25, 0.3) is 10.0 Å². The van der Waals surface area contributed by atoms with Gasteiger partial charge in [-0.1, -0.05) is 30.3 Å². The average molecular weight is 366 g/mol. The van der Waals surface area contributed by atoms with Crippen LogP contribution in [0.1, 0.15) is 11.1 Å². The molecule has 6 N–H and O–H groups in total. The second kappa shape index (κ2) is 6.89. The Kier molecular flexibility index (Phi) is 4.64. The highest BCUT2D eigenvalue weighted by Gasteiger charge is 2.16. The Morgan fingerprint density at radius 3 is 2.19 bits per heavy atom. The Morgan fingerprint density at radius 1 is 0.885 bits per heavy atom. The minimum atomic E-state index is -3.77. The normalized spacial score (nSPS) is 11.1. The molecular formula is C19H18N4O2S. The number of rotatable bonds is 5. The van der Waals surface area contributed by atoms with E-state index >= 15 is 0 Å². The lowest BCUT2D eigenvalue weighted by molar-refractivity contribution is 0.601. The minimum absolute atomic E-state index is 0.100. The van der Waals surface area contributed by atoms with Gasteiger partial charge < -0.3 is 11.5 Å². The topological polar surface area (TPSA) is 122 Å². The van der Waals surface area contributed by atoms with E-state index in [1.54, 1.807) is 30.3 Å². The van der Waals surface area contributed by atoms with Crippen LogP contribution in [-0.4, -0.2) is 14.1 Å². The maximum atomic E-state index is 12.5. The van der Waals surface area contributed by atoms with Crippen molar-refractivity contribution in [2.45, 2.75) is 4.90 Å². The molecule has 132 valence electrons. The molecule has 0 fully saturated rings. The lowest BCUT2D eigenvalue weighted by Crippen LogP contribution is -2.14. The third-order valence-corrected chi connectivity index (χ3v) is 5.22. The van der Waals surface area contributed by atoms with E-state index in [4.69, 9.17) is 16.9 Å². The fourth-order valence-electron chi connectivity index (χ4n) is 2.46. The molecular weight excluding hydrogens is 348 g/mol. The maximum Gasteiger partial charge on any atom is 0.261 e. The van der Waals surface area contributed by atoms with E-state index in [0.29, 0.717) is 28.2 Å². The lowest BCUT2D eigenvalue weighted by Gasteiger charge is -2.12. The molecule has 0 unspecified atom stereocenters. The molecule has 3 aromatic rings. The highest BCUT2D eigenvalue weighted by atomic mass is 32.2. The standard InChI is InChI=1S/C19H18N4O2S/c20-14-6-9-16(10-7-14)26(24,25)23-15-8-11-18(21)17(12-15)19(22)13-4-2-1-3-5-13/h1-12,22-23H,20-21H2. The van der Waals surface area contributed by atoms with Crippen molar-refractivity contribution in [1.82, 2.24) is 0 Å². The van der Waals surface area contributed by atoms with Crippen LogP contribution < -0.4 is 16.2 Å². The number of benzene rings is 3. The predicted octanol–water partition coefficient (Wildman–Crippen LogP) is 3.07. The van der Waals surface area contributed by atoms with Crippen molar-refractivity contribution in [1.29, 1.82) is 5.41 Å². The third kappa shape index (κ3) is 3.68.